The number of hydrazone groups is 1. The molecule has 1 aromatic heterocycles. The van der Waals surface area contributed by atoms with E-state index in [0.717, 1.165) is 70.3 Å². The molecular formula is C24H32N6O3. The first kappa shape index (κ1) is 22.1. The Kier molecular flexibility index (Phi) is 6.99. The molecule has 3 heterocycles. The molecule has 0 unspecified atom stereocenters. The fraction of sp³-hybridized carbons (Fsp3) is 0.542. The quantitative estimate of drug-likeness (QED) is 0.640. The number of morpholine rings is 2. The molecule has 2 aromatic rings. The zero-order valence-electron chi connectivity index (χ0n) is 19.3. The van der Waals surface area contributed by atoms with Crippen molar-refractivity contribution < 1.29 is 14.2 Å². The van der Waals surface area contributed by atoms with Crippen LogP contribution >= 0.6 is 0 Å². The maximum absolute atomic E-state index is 5.97. The van der Waals surface area contributed by atoms with Crippen molar-refractivity contribution in [1.82, 2.24) is 14.9 Å². The number of fused-ring (bicyclic) bond motifs is 1. The number of hydrogen-bond acceptors (Lipinski definition) is 9. The van der Waals surface area contributed by atoms with Gasteiger partial charge in [-0.15, -0.1) is 0 Å². The van der Waals surface area contributed by atoms with Crippen LogP contribution in [0.4, 0.5) is 11.6 Å². The van der Waals surface area contributed by atoms with Gasteiger partial charge in [0.15, 0.2) is 5.82 Å². The van der Waals surface area contributed by atoms with Crippen molar-refractivity contribution in [2.45, 2.75) is 19.8 Å². The Labute approximate surface area is 194 Å². The first-order chi connectivity index (χ1) is 16.2. The summed E-state index contributed by atoms with van der Waals surface area (Å²) >= 11 is 0. The molecule has 1 aliphatic carbocycles. The topological polar surface area (TPSA) is 84.3 Å². The number of nitrogens with zero attached hydrogens (tertiary/aromatic N) is 5. The number of aryl methyl sites for hydroxylation is 2. The van der Waals surface area contributed by atoms with Crippen LogP contribution in [0.25, 0.3) is 0 Å². The summed E-state index contributed by atoms with van der Waals surface area (Å²) in [5.74, 6) is 1.47. The molecule has 5 rings (SSSR count). The third-order valence-corrected chi connectivity index (χ3v) is 6.28. The van der Waals surface area contributed by atoms with Crippen LogP contribution in [-0.2, 0) is 15.9 Å². The fourth-order valence-corrected chi connectivity index (χ4v) is 4.39. The lowest BCUT2D eigenvalue weighted by molar-refractivity contribution is 0.0317. The minimum atomic E-state index is 0.373. The Morgan fingerprint density at radius 1 is 1.00 bits per heavy atom. The number of aromatic nitrogens is 2. The van der Waals surface area contributed by atoms with Gasteiger partial charge >= 0.3 is 6.01 Å². The van der Waals surface area contributed by atoms with Crippen LogP contribution in [0.15, 0.2) is 29.4 Å². The van der Waals surface area contributed by atoms with Crippen molar-refractivity contribution in [3.8, 4) is 6.01 Å². The van der Waals surface area contributed by atoms with E-state index in [1.54, 1.807) is 0 Å². The van der Waals surface area contributed by atoms with Crippen molar-refractivity contribution in [3.63, 3.8) is 0 Å². The highest BCUT2D eigenvalue weighted by atomic mass is 16.5. The lowest BCUT2D eigenvalue weighted by Gasteiger charge is -2.28. The number of hydrogen-bond donors (Lipinski definition) is 1. The van der Waals surface area contributed by atoms with E-state index < -0.39 is 0 Å². The molecule has 0 bridgehead atoms. The van der Waals surface area contributed by atoms with Crippen molar-refractivity contribution >= 4 is 17.3 Å². The number of benzene rings is 1. The minimum Gasteiger partial charge on any atom is -0.462 e. The molecule has 1 aromatic carbocycles. The highest BCUT2D eigenvalue weighted by Gasteiger charge is 2.19. The van der Waals surface area contributed by atoms with E-state index in [4.69, 9.17) is 19.3 Å². The average Bonchev–Trinajstić information content (AvgIpc) is 3.26. The van der Waals surface area contributed by atoms with Gasteiger partial charge in [-0.2, -0.15) is 15.1 Å². The molecule has 2 saturated heterocycles. The summed E-state index contributed by atoms with van der Waals surface area (Å²) < 4.78 is 16.9. The molecule has 0 atom stereocenters. The van der Waals surface area contributed by atoms with E-state index in [0.29, 0.717) is 31.6 Å². The monoisotopic (exact) mass is 452 g/mol. The highest BCUT2D eigenvalue weighted by molar-refractivity contribution is 6.04. The Hall–Kier alpha value is -2.75. The second-order valence-electron chi connectivity index (χ2n) is 8.63. The molecule has 0 radical (unpaired) electrons. The maximum Gasteiger partial charge on any atom is 0.320 e. The first-order valence-corrected chi connectivity index (χ1v) is 11.8. The van der Waals surface area contributed by atoms with Crippen LogP contribution in [0.2, 0.25) is 0 Å². The minimum absolute atomic E-state index is 0.373. The SMILES string of the molecule is Cc1ccc2c(c1)C(=NNc1cc(N3CCOCC3)nc(OCCN3CCOCC3)n1)CC2. The predicted molar refractivity (Wildman–Crippen MR) is 127 cm³/mol. The van der Waals surface area contributed by atoms with Crippen molar-refractivity contribution in [2.24, 2.45) is 5.10 Å². The average molecular weight is 453 g/mol. The van der Waals surface area contributed by atoms with Gasteiger partial charge in [0.05, 0.1) is 32.1 Å². The third-order valence-electron chi connectivity index (χ3n) is 6.28. The molecule has 0 saturated carbocycles. The summed E-state index contributed by atoms with van der Waals surface area (Å²) in [6.45, 7) is 9.88. The molecule has 33 heavy (non-hydrogen) atoms. The molecule has 176 valence electrons. The Morgan fingerprint density at radius 2 is 1.79 bits per heavy atom. The van der Waals surface area contributed by atoms with E-state index in [9.17, 15) is 0 Å². The van der Waals surface area contributed by atoms with Gasteiger partial charge in [-0.3, -0.25) is 10.3 Å². The van der Waals surface area contributed by atoms with Crippen molar-refractivity contribution in [3.05, 3.63) is 41.0 Å². The summed E-state index contributed by atoms with van der Waals surface area (Å²) in [5, 5.41) is 4.71. The van der Waals surface area contributed by atoms with E-state index in [-0.39, 0.29) is 0 Å². The van der Waals surface area contributed by atoms with Crippen LogP contribution in [0.1, 0.15) is 23.1 Å². The zero-order chi connectivity index (χ0) is 22.5. The van der Waals surface area contributed by atoms with Gasteiger partial charge in [-0.05, 0) is 31.4 Å². The summed E-state index contributed by atoms with van der Waals surface area (Å²) in [6.07, 6.45) is 1.95. The Balaban J connectivity index is 1.31. The van der Waals surface area contributed by atoms with Gasteiger partial charge < -0.3 is 19.1 Å². The zero-order valence-corrected chi connectivity index (χ0v) is 19.3. The maximum atomic E-state index is 5.97. The number of ether oxygens (including phenoxy) is 3. The molecule has 0 spiro atoms. The van der Waals surface area contributed by atoms with Gasteiger partial charge in [0.2, 0.25) is 0 Å². The largest absolute Gasteiger partial charge is 0.462 e. The fourth-order valence-electron chi connectivity index (χ4n) is 4.39. The smallest absolute Gasteiger partial charge is 0.320 e. The van der Waals surface area contributed by atoms with Gasteiger partial charge in [0.1, 0.15) is 12.4 Å². The lowest BCUT2D eigenvalue weighted by atomic mass is 10.1. The van der Waals surface area contributed by atoms with Crippen LogP contribution < -0.4 is 15.1 Å². The number of anilines is 2. The summed E-state index contributed by atoms with van der Waals surface area (Å²) in [5.41, 5.74) is 8.07. The Morgan fingerprint density at radius 3 is 2.61 bits per heavy atom. The highest BCUT2D eigenvalue weighted by Crippen LogP contribution is 2.25. The van der Waals surface area contributed by atoms with E-state index in [2.05, 4.69) is 50.3 Å². The van der Waals surface area contributed by atoms with Crippen LogP contribution in [0.5, 0.6) is 6.01 Å². The van der Waals surface area contributed by atoms with Gasteiger partial charge in [-0.1, -0.05) is 17.7 Å². The molecule has 2 aliphatic heterocycles. The van der Waals surface area contributed by atoms with E-state index in [1.165, 1.54) is 16.7 Å². The standard InChI is InChI=1S/C24H32N6O3/c1-18-2-3-19-4-5-21(20(19)16-18)27-28-22-17-23(30-9-13-32-14-10-30)26-24(25-22)33-15-8-29-6-11-31-12-7-29/h2-3,16-17H,4-15H2,1H3,(H,25,26,28). The van der Waals surface area contributed by atoms with E-state index in [1.807, 2.05) is 6.07 Å². The Bertz CT molecular complexity index is 986. The summed E-state index contributed by atoms with van der Waals surface area (Å²) in [4.78, 5) is 13.8. The summed E-state index contributed by atoms with van der Waals surface area (Å²) in [6, 6.07) is 8.89. The molecule has 9 nitrogen and oxygen atoms in total. The predicted octanol–water partition coefficient (Wildman–Crippen LogP) is 2.10. The molecule has 3 aliphatic rings. The van der Waals surface area contributed by atoms with E-state index >= 15 is 0 Å². The van der Waals surface area contributed by atoms with Crippen LogP contribution in [0, 0.1) is 6.92 Å². The molecule has 0 amide bonds. The summed E-state index contributed by atoms with van der Waals surface area (Å²) in [7, 11) is 0. The third kappa shape index (κ3) is 5.61. The second kappa shape index (κ2) is 10.5. The molecule has 1 N–H and O–H groups in total. The first-order valence-electron chi connectivity index (χ1n) is 11.8. The van der Waals surface area contributed by atoms with Crippen LogP contribution in [0.3, 0.4) is 0 Å². The molecular weight excluding hydrogens is 420 g/mol. The number of rotatable bonds is 7. The molecule has 2 fully saturated rings. The number of nitrogens with one attached hydrogen (secondary N) is 1. The second-order valence-corrected chi connectivity index (χ2v) is 8.63. The van der Waals surface area contributed by atoms with Gasteiger partial charge in [-0.25, -0.2) is 0 Å². The van der Waals surface area contributed by atoms with Crippen molar-refractivity contribution in [2.75, 3.05) is 76.1 Å². The van der Waals surface area contributed by atoms with Gasteiger partial charge in [0, 0.05) is 44.4 Å². The van der Waals surface area contributed by atoms with Crippen molar-refractivity contribution in [1.29, 1.82) is 0 Å². The molecule has 9 heteroatoms. The van der Waals surface area contributed by atoms with Crippen LogP contribution in [-0.4, -0.2) is 86.3 Å². The van der Waals surface area contributed by atoms with Gasteiger partial charge in [0.25, 0.3) is 0 Å². The lowest BCUT2D eigenvalue weighted by Crippen LogP contribution is -2.39. The normalized spacial score (nSPS) is 20.2.